The van der Waals surface area contributed by atoms with Crippen LogP contribution in [0.25, 0.3) is 6.08 Å². The van der Waals surface area contributed by atoms with Crippen LogP contribution >= 0.6 is 11.8 Å². The zero-order valence-electron chi connectivity index (χ0n) is 15.3. The van der Waals surface area contributed by atoms with Gasteiger partial charge in [0.05, 0.1) is 24.5 Å². The molecule has 7 nitrogen and oxygen atoms in total. The summed E-state index contributed by atoms with van der Waals surface area (Å²) < 4.78 is 10.2. The minimum atomic E-state index is -0.283. The summed E-state index contributed by atoms with van der Waals surface area (Å²) in [7, 11) is 1.47. The average molecular weight is 390 g/mol. The van der Waals surface area contributed by atoms with Crippen molar-refractivity contribution in [3.63, 3.8) is 0 Å². The number of likely N-dealkylation sites (tertiary alicyclic amines) is 1. The molecule has 0 aliphatic carbocycles. The van der Waals surface area contributed by atoms with Crippen LogP contribution in [0.2, 0.25) is 0 Å². The van der Waals surface area contributed by atoms with E-state index in [1.807, 2.05) is 4.90 Å². The summed E-state index contributed by atoms with van der Waals surface area (Å²) in [5.41, 5.74) is 0.748. The number of aromatic hydroxyl groups is 1. The highest BCUT2D eigenvalue weighted by molar-refractivity contribution is 8.18. The third kappa shape index (κ3) is 4.44. The minimum Gasteiger partial charge on any atom is -0.504 e. The Balaban J connectivity index is 1.64. The molecule has 1 aromatic carbocycles. The molecule has 0 unspecified atom stereocenters. The maximum absolute atomic E-state index is 12.3. The number of phenolic OH excluding ortho intramolecular Hbond substituents is 1. The van der Waals surface area contributed by atoms with Gasteiger partial charge in [-0.05, 0) is 55.3 Å². The van der Waals surface area contributed by atoms with Gasteiger partial charge < -0.3 is 19.5 Å². The second-order valence-electron chi connectivity index (χ2n) is 6.25. The molecule has 2 heterocycles. The standard InChI is InChI=1S/C19H22N2O5S/c1-3-26-18(24)13-6-8-21(9-7-13)19-20-17(23)16(27-19)11-12-4-5-14(22)15(10-12)25-2/h4-5,10-11,13,22H,3,6-9H2,1-2H3. The van der Waals surface area contributed by atoms with Gasteiger partial charge in [0.15, 0.2) is 16.7 Å². The Morgan fingerprint density at radius 1 is 1.41 bits per heavy atom. The van der Waals surface area contributed by atoms with E-state index in [4.69, 9.17) is 9.47 Å². The number of benzene rings is 1. The number of methoxy groups -OCH3 is 1. The van der Waals surface area contributed by atoms with Crippen LogP contribution in [-0.4, -0.2) is 53.9 Å². The SMILES string of the molecule is CCOC(=O)C1CCN(C2=NC(=O)C(=Cc3ccc(O)c(OC)c3)S2)CC1. The summed E-state index contributed by atoms with van der Waals surface area (Å²) in [5, 5.41) is 10.3. The van der Waals surface area contributed by atoms with Gasteiger partial charge in [-0.25, -0.2) is 0 Å². The van der Waals surface area contributed by atoms with Gasteiger partial charge >= 0.3 is 5.97 Å². The van der Waals surface area contributed by atoms with E-state index in [0.717, 1.165) is 5.56 Å². The van der Waals surface area contributed by atoms with E-state index in [1.165, 1.54) is 24.9 Å². The van der Waals surface area contributed by atoms with Crippen molar-refractivity contribution in [1.82, 2.24) is 4.90 Å². The maximum Gasteiger partial charge on any atom is 0.309 e. The lowest BCUT2D eigenvalue weighted by Crippen LogP contribution is -2.39. The number of thioether (sulfide) groups is 1. The molecule has 0 atom stereocenters. The first-order chi connectivity index (χ1) is 13.0. The third-order valence-electron chi connectivity index (χ3n) is 4.50. The molecule has 1 fully saturated rings. The van der Waals surface area contributed by atoms with Crippen molar-refractivity contribution in [3.05, 3.63) is 28.7 Å². The lowest BCUT2D eigenvalue weighted by atomic mass is 9.97. The molecule has 0 bridgehead atoms. The van der Waals surface area contributed by atoms with Gasteiger partial charge in [-0.15, -0.1) is 0 Å². The zero-order valence-corrected chi connectivity index (χ0v) is 16.1. The lowest BCUT2D eigenvalue weighted by Gasteiger charge is -2.31. The number of nitrogens with zero attached hydrogens (tertiary/aromatic N) is 2. The van der Waals surface area contributed by atoms with Crippen molar-refractivity contribution in [2.24, 2.45) is 10.9 Å². The van der Waals surface area contributed by atoms with Crippen molar-refractivity contribution in [1.29, 1.82) is 0 Å². The molecule has 2 aliphatic rings. The summed E-state index contributed by atoms with van der Waals surface area (Å²) in [6.07, 6.45) is 3.12. The molecule has 144 valence electrons. The first kappa shape index (κ1) is 19.3. The molecular weight excluding hydrogens is 368 g/mol. The zero-order chi connectivity index (χ0) is 19.4. The van der Waals surface area contributed by atoms with Gasteiger partial charge in [-0.3, -0.25) is 9.59 Å². The number of piperidine rings is 1. The predicted octanol–water partition coefficient (Wildman–Crippen LogP) is 2.65. The lowest BCUT2D eigenvalue weighted by molar-refractivity contribution is -0.149. The fourth-order valence-corrected chi connectivity index (χ4v) is 4.00. The monoisotopic (exact) mass is 390 g/mol. The Morgan fingerprint density at radius 2 is 2.15 bits per heavy atom. The molecule has 1 N–H and O–H groups in total. The molecule has 0 aromatic heterocycles. The Bertz CT molecular complexity index is 797. The number of carbonyl (C=O) groups excluding carboxylic acids is 2. The topological polar surface area (TPSA) is 88.4 Å². The van der Waals surface area contributed by atoms with Gasteiger partial charge in [0.2, 0.25) is 0 Å². The van der Waals surface area contributed by atoms with Gasteiger partial charge in [0.1, 0.15) is 0 Å². The summed E-state index contributed by atoms with van der Waals surface area (Å²) in [6, 6.07) is 4.90. The molecule has 2 aliphatic heterocycles. The minimum absolute atomic E-state index is 0.0476. The molecule has 0 radical (unpaired) electrons. The smallest absolute Gasteiger partial charge is 0.309 e. The molecule has 0 spiro atoms. The van der Waals surface area contributed by atoms with Crippen molar-refractivity contribution < 1.29 is 24.2 Å². The van der Waals surface area contributed by atoms with E-state index in [1.54, 1.807) is 25.1 Å². The van der Waals surface area contributed by atoms with Crippen molar-refractivity contribution in [2.75, 3.05) is 26.8 Å². The molecule has 3 rings (SSSR count). The number of carbonyl (C=O) groups is 2. The number of hydrogen-bond donors (Lipinski definition) is 1. The first-order valence-corrected chi connectivity index (χ1v) is 9.64. The van der Waals surface area contributed by atoms with Crippen LogP contribution in [0.5, 0.6) is 11.5 Å². The molecule has 0 saturated carbocycles. The third-order valence-corrected chi connectivity index (χ3v) is 5.54. The second-order valence-corrected chi connectivity index (χ2v) is 7.26. The first-order valence-electron chi connectivity index (χ1n) is 8.83. The van der Waals surface area contributed by atoms with E-state index in [9.17, 15) is 14.7 Å². The Morgan fingerprint density at radius 3 is 2.81 bits per heavy atom. The average Bonchev–Trinajstić information content (AvgIpc) is 3.04. The molecule has 1 saturated heterocycles. The summed E-state index contributed by atoms with van der Waals surface area (Å²) >= 11 is 1.33. The van der Waals surface area contributed by atoms with Crippen LogP contribution in [0.15, 0.2) is 28.1 Å². The van der Waals surface area contributed by atoms with Gasteiger partial charge in [0.25, 0.3) is 5.91 Å². The van der Waals surface area contributed by atoms with E-state index < -0.39 is 0 Å². The van der Waals surface area contributed by atoms with Gasteiger partial charge in [-0.2, -0.15) is 4.99 Å². The number of ether oxygens (including phenoxy) is 2. The number of esters is 1. The quantitative estimate of drug-likeness (QED) is 0.624. The molecule has 1 aromatic rings. The molecule has 1 amide bonds. The Labute approximate surface area is 162 Å². The van der Waals surface area contributed by atoms with E-state index in [2.05, 4.69) is 4.99 Å². The van der Waals surface area contributed by atoms with Gasteiger partial charge in [-0.1, -0.05) is 6.07 Å². The fourth-order valence-electron chi connectivity index (χ4n) is 3.04. The van der Waals surface area contributed by atoms with Crippen LogP contribution in [0.3, 0.4) is 0 Å². The van der Waals surface area contributed by atoms with Crippen LogP contribution < -0.4 is 4.74 Å². The Hall–Kier alpha value is -2.48. The van der Waals surface area contributed by atoms with Gasteiger partial charge in [0, 0.05) is 13.1 Å². The number of amides is 1. The van der Waals surface area contributed by atoms with Crippen LogP contribution in [-0.2, 0) is 14.3 Å². The normalized spacial score (nSPS) is 19.3. The highest BCUT2D eigenvalue weighted by atomic mass is 32.2. The van der Waals surface area contributed by atoms with E-state index >= 15 is 0 Å². The summed E-state index contributed by atoms with van der Waals surface area (Å²) in [5.74, 6) is -0.109. The number of rotatable bonds is 4. The van der Waals surface area contributed by atoms with E-state index in [-0.39, 0.29) is 23.5 Å². The van der Waals surface area contributed by atoms with E-state index in [0.29, 0.717) is 48.4 Å². The number of phenols is 1. The van der Waals surface area contributed by atoms with Crippen LogP contribution in [0.1, 0.15) is 25.3 Å². The largest absolute Gasteiger partial charge is 0.504 e. The molecular formula is C19H22N2O5S. The highest BCUT2D eigenvalue weighted by Gasteiger charge is 2.31. The van der Waals surface area contributed by atoms with Crippen LogP contribution in [0.4, 0.5) is 0 Å². The predicted molar refractivity (Wildman–Crippen MR) is 104 cm³/mol. The fraction of sp³-hybridized carbons (Fsp3) is 0.421. The summed E-state index contributed by atoms with van der Waals surface area (Å²) in [6.45, 7) is 3.54. The highest BCUT2D eigenvalue weighted by Crippen LogP contribution is 2.34. The Kier molecular flexibility index (Phi) is 6.05. The van der Waals surface area contributed by atoms with Crippen molar-refractivity contribution in [2.45, 2.75) is 19.8 Å². The maximum atomic E-state index is 12.3. The molecule has 8 heteroatoms. The number of amidine groups is 1. The second kappa shape index (κ2) is 8.47. The number of hydrogen-bond acceptors (Lipinski definition) is 7. The summed E-state index contributed by atoms with van der Waals surface area (Å²) in [4.78, 5) is 30.8. The van der Waals surface area contributed by atoms with Crippen molar-refractivity contribution in [3.8, 4) is 11.5 Å². The van der Waals surface area contributed by atoms with Crippen molar-refractivity contribution >= 4 is 34.9 Å². The molecule has 27 heavy (non-hydrogen) atoms. The number of aliphatic imine (C=N–C) groups is 1. The van der Waals surface area contributed by atoms with Crippen LogP contribution in [0, 0.1) is 5.92 Å².